The van der Waals surface area contributed by atoms with Crippen LogP contribution in [0.2, 0.25) is 0 Å². The number of rotatable bonds is 6. The Balaban J connectivity index is 2.23. The van der Waals surface area contributed by atoms with Gasteiger partial charge in [0.25, 0.3) is 0 Å². The van der Waals surface area contributed by atoms with Gasteiger partial charge in [0, 0.05) is 12.8 Å². The largest absolute Gasteiger partial charge is 0.497 e. The lowest BCUT2D eigenvalue weighted by molar-refractivity contribution is -0.158. The lowest BCUT2D eigenvalue weighted by Gasteiger charge is -2.24. The van der Waals surface area contributed by atoms with E-state index >= 15 is 0 Å². The zero-order valence-electron chi connectivity index (χ0n) is 11.8. The van der Waals surface area contributed by atoms with Crippen molar-refractivity contribution in [3.8, 4) is 5.75 Å². The van der Waals surface area contributed by atoms with Crippen LogP contribution in [0.3, 0.4) is 0 Å². The third-order valence-electron chi connectivity index (χ3n) is 3.37. The molecule has 2 aromatic carbocycles. The predicted molar refractivity (Wildman–Crippen MR) is 79.4 cm³/mol. The van der Waals surface area contributed by atoms with E-state index in [1.807, 2.05) is 18.2 Å². The number of aliphatic hydroxyl groups is 1. The maximum absolute atomic E-state index is 11.5. The summed E-state index contributed by atoms with van der Waals surface area (Å²) < 4.78 is 5.12. The minimum Gasteiger partial charge on any atom is -0.497 e. The first kappa shape index (κ1) is 15.1. The highest BCUT2D eigenvalue weighted by atomic mass is 16.5. The third-order valence-corrected chi connectivity index (χ3v) is 3.37. The number of hydrogen-bond donors (Lipinski definition) is 2. The van der Waals surface area contributed by atoms with Crippen molar-refractivity contribution in [3.63, 3.8) is 0 Å². The third kappa shape index (κ3) is 3.83. The lowest BCUT2D eigenvalue weighted by atomic mass is 9.88. The molecule has 2 rings (SSSR count). The van der Waals surface area contributed by atoms with Gasteiger partial charge in [-0.3, -0.25) is 0 Å². The van der Waals surface area contributed by atoms with E-state index in [4.69, 9.17) is 4.74 Å². The number of ether oxygens (including phenoxy) is 1. The van der Waals surface area contributed by atoms with Gasteiger partial charge >= 0.3 is 5.97 Å². The van der Waals surface area contributed by atoms with Gasteiger partial charge in [0.15, 0.2) is 5.60 Å². The number of aliphatic carboxylic acids is 1. The number of methoxy groups -OCH3 is 1. The van der Waals surface area contributed by atoms with Crippen molar-refractivity contribution in [1.82, 2.24) is 0 Å². The van der Waals surface area contributed by atoms with Crippen LogP contribution in [0.5, 0.6) is 5.75 Å². The molecule has 0 aliphatic rings. The summed E-state index contributed by atoms with van der Waals surface area (Å²) in [7, 11) is 1.55. The van der Waals surface area contributed by atoms with E-state index in [1.54, 1.807) is 43.5 Å². The Labute approximate surface area is 123 Å². The van der Waals surface area contributed by atoms with Crippen LogP contribution in [-0.4, -0.2) is 28.9 Å². The van der Waals surface area contributed by atoms with Crippen LogP contribution in [0.4, 0.5) is 0 Å². The van der Waals surface area contributed by atoms with Crippen LogP contribution < -0.4 is 4.74 Å². The SMILES string of the molecule is COc1cccc(CC(O)(Cc2ccccc2)C(=O)O)c1. The van der Waals surface area contributed by atoms with Gasteiger partial charge in [0.1, 0.15) is 5.75 Å². The second-order valence-corrected chi connectivity index (χ2v) is 5.03. The Morgan fingerprint density at radius 1 is 1.05 bits per heavy atom. The summed E-state index contributed by atoms with van der Waals surface area (Å²) in [5.41, 5.74) is -0.339. The smallest absolute Gasteiger partial charge is 0.336 e. The molecule has 4 nitrogen and oxygen atoms in total. The molecule has 1 atom stereocenters. The molecule has 0 saturated heterocycles. The topological polar surface area (TPSA) is 66.8 Å². The fourth-order valence-electron chi connectivity index (χ4n) is 2.27. The van der Waals surface area contributed by atoms with E-state index in [0.717, 1.165) is 11.1 Å². The van der Waals surface area contributed by atoms with Crippen LogP contribution in [-0.2, 0) is 17.6 Å². The van der Waals surface area contributed by atoms with Gasteiger partial charge in [-0.2, -0.15) is 0 Å². The molecule has 110 valence electrons. The van der Waals surface area contributed by atoms with Crippen LogP contribution >= 0.6 is 0 Å². The van der Waals surface area contributed by atoms with Crippen molar-refractivity contribution in [1.29, 1.82) is 0 Å². The summed E-state index contributed by atoms with van der Waals surface area (Å²) in [4.78, 5) is 11.5. The number of benzene rings is 2. The Hall–Kier alpha value is -2.33. The van der Waals surface area contributed by atoms with E-state index in [2.05, 4.69) is 0 Å². The van der Waals surface area contributed by atoms with Gasteiger partial charge < -0.3 is 14.9 Å². The standard InChI is InChI=1S/C17H18O4/c1-21-15-9-5-8-14(10-15)12-17(20,16(18)19)11-13-6-3-2-4-7-13/h2-10,20H,11-12H2,1H3,(H,18,19). The first-order valence-electron chi connectivity index (χ1n) is 6.66. The second-order valence-electron chi connectivity index (χ2n) is 5.03. The summed E-state index contributed by atoms with van der Waals surface area (Å²) in [6.45, 7) is 0. The fraction of sp³-hybridized carbons (Fsp3) is 0.235. The highest BCUT2D eigenvalue weighted by molar-refractivity contribution is 5.78. The van der Waals surface area contributed by atoms with Crippen LogP contribution in [0, 0.1) is 0 Å². The first-order chi connectivity index (χ1) is 10.0. The van der Waals surface area contributed by atoms with E-state index in [1.165, 1.54) is 0 Å². The van der Waals surface area contributed by atoms with E-state index in [-0.39, 0.29) is 12.8 Å². The average molecular weight is 286 g/mol. The number of carbonyl (C=O) groups is 1. The van der Waals surface area contributed by atoms with E-state index in [0.29, 0.717) is 5.75 Å². The summed E-state index contributed by atoms with van der Waals surface area (Å²) in [6.07, 6.45) is 0.0782. The summed E-state index contributed by atoms with van der Waals surface area (Å²) in [6, 6.07) is 16.2. The number of carboxylic acids is 1. The second kappa shape index (κ2) is 6.41. The van der Waals surface area contributed by atoms with Gasteiger partial charge in [-0.15, -0.1) is 0 Å². The van der Waals surface area contributed by atoms with Crippen LogP contribution in [0.15, 0.2) is 54.6 Å². The van der Waals surface area contributed by atoms with Gasteiger partial charge in [0.05, 0.1) is 7.11 Å². The highest BCUT2D eigenvalue weighted by Crippen LogP contribution is 2.22. The van der Waals surface area contributed by atoms with Gasteiger partial charge in [-0.1, -0.05) is 42.5 Å². The molecule has 2 N–H and O–H groups in total. The molecule has 0 amide bonds. The molecule has 0 fully saturated rings. The molecule has 21 heavy (non-hydrogen) atoms. The zero-order chi connectivity index (χ0) is 15.3. The maximum atomic E-state index is 11.5. The van der Waals surface area contributed by atoms with Gasteiger partial charge in [-0.25, -0.2) is 4.79 Å². The molecule has 4 heteroatoms. The Bertz CT molecular complexity index is 609. The van der Waals surface area contributed by atoms with Crippen LogP contribution in [0.1, 0.15) is 11.1 Å². The molecule has 0 saturated carbocycles. The van der Waals surface area contributed by atoms with Gasteiger partial charge in [0.2, 0.25) is 0 Å². The fourth-order valence-corrected chi connectivity index (χ4v) is 2.27. The first-order valence-corrected chi connectivity index (χ1v) is 6.66. The summed E-state index contributed by atoms with van der Waals surface area (Å²) >= 11 is 0. The molecule has 0 radical (unpaired) electrons. The van der Waals surface area contributed by atoms with Crippen LogP contribution in [0.25, 0.3) is 0 Å². The molecular formula is C17H18O4. The Kier molecular flexibility index (Phi) is 4.60. The van der Waals surface area contributed by atoms with Crippen molar-refractivity contribution >= 4 is 5.97 Å². The van der Waals surface area contributed by atoms with E-state index in [9.17, 15) is 15.0 Å². The van der Waals surface area contributed by atoms with Crippen molar-refractivity contribution in [2.45, 2.75) is 18.4 Å². The quantitative estimate of drug-likeness (QED) is 0.855. The molecule has 0 aromatic heterocycles. The lowest BCUT2D eigenvalue weighted by Crippen LogP contribution is -2.43. The van der Waals surface area contributed by atoms with Gasteiger partial charge in [-0.05, 0) is 23.3 Å². The molecule has 0 aliphatic carbocycles. The number of carboxylic acid groups (broad SMARTS) is 1. The minimum atomic E-state index is -1.84. The summed E-state index contributed by atoms with van der Waals surface area (Å²) in [5.74, 6) is -0.589. The van der Waals surface area contributed by atoms with Crippen molar-refractivity contribution in [3.05, 3.63) is 65.7 Å². The van der Waals surface area contributed by atoms with Crippen molar-refractivity contribution in [2.75, 3.05) is 7.11 Å². The van der Waals surface area contributed by atoms with Crippen molar-refractivity contribution in [2.24, 2.45) is 0 Å². The molecule has 2 aromatic rings. The summed E-state index contributed by atoms with van der Waals surface area (Å²) in [5, 5.41) is 19.9. The zero-order valence-corrected chi connectivity index (χ0v) is 11.8. The predicted octanol–water partition coefficient (Wildman–Crippen LogP) is 2.30. The molecule has 0 bridgehead atoms. The highest BCUT2D eigenvalue weighted by Gasteiger charge is 2.36. The molecule has 0 heterocycles. The minimum absolute atomic E-state index is 0.0222. The maximum Gasteiger partial charge on any atom is 0.336 e. The van der Waals surface area contributed by atoms with E-state index < -0.39 is 11.6 Å². The Morgan fingerprint density at radius 3 is 2.29 bits per heavy atom. The normalized spacial score (nSPS) is 13.4. The number of hydrogen-bond acceptors (Lipinski definition) is 3. The molecule has 0 spiro atoms. The molecular weight excluding hydrogens is 268 g/mol. The molecule has 1 unspecified atom stereocenters. The van der Waals surface area contributed by atoms with Crippen molar-refractivity contribution < 1.29 is 19.7 Å². The Morgan fingerprint density at radius 2 is 1.67 bits per heavy atom. The molecule has 0 aliphatic heterocycles. The average Bonchev–Trinajstić information content (AvgIpc) is 2.48. The monoisotopic (exact) mass is 286 g/mol.